The number of hydrogen-bond donors (Lipinski definition) is 3. The van der Waals surface area contributed by atoms with Crippen molar-refractivity contribution in [2.24, 2.45) is 0 Å². The fourth-order valence-electron chi connectivity index (χ4n) is 1.45. The largest absolute Gasteiger partial charge is 0.481 e. The van der Waals surface area contributed by atoms with E-state index in [9.17, 15) is 9.90 Å². The predicted octanol–water partition coefficient (Wildman–Crippen LogP) is 1.14. The van der Waals surface area contributed by atoms with Crippen molar-refractivity contribution in [2.75, 3.05) is 0 Å². The molecule has 1 heterocycles. The van der Waals surface area contributed by atoms with E-state index in [0.29, 0.717) is 5.56 Å². The van der Waals surface area contributed by atoms with E-state index in [1.807, 2.05) is 13.8 Å². The summed E-state index contributed by atoms with van der Waals surface area (Å²) in [6, 6.07) is 0. The van der Waals surface area contributed by atoms with Crippen LogP contribution >= 0.6 is 0 Å². The fraction of sp³-hybridized carbons (Fsp3) is 0.444. The van der Waals surface area contributed by atoms with Crippen LogP contribution in [-0.2, 0) is 4.79 Å². The molecule has 72 valence electrons. The molecule has 1 aromatic rings. The zero-order valence-corrected chi connectivity index (χ0v) is 7.66. The number of aliphatic carboxylic acids is 1. The van der Waals surface area contributed by atoms with Gasteiger partial charge in [-0.25, -0.2) is 0 Å². The third kappa shape index (κ3) is 2.09. The van der Waals surface area contributed by atoms with Gasteiger partial charge < -0.3 is 15.2 Å². The van der Waals surface area contributed by atoms with Gasteiger partial charge in [0.05, 0.1) is 12.5 Å². The van der Waals surface area contributed by atoms with E-state index in [1.54, 1.807) is 6.20 Å². The molecule has 3 N–H and O–H groups in total. The number of aromatic amines is 1. The lowest BCUT2D eigenvalue weighted by atomic mass is 10.0. The molecular formula is C9H13NO3. The van der Waals surface area contributed by atoms with Crippen molar-refractivity contribution < 1.29 is 15.0 Å². The van der Waals surface area contributed by atoms with E-state index in [1.165, 1.54) is 0 Å². The lowest BCUT2D eigenvalue weighted by Gasteiger charge is -2.08. The highest BCUT2D eigenvalue weighted by Crippen LogP contribution is 2.23. The summed E-state index contributed by atoms with van der Waals surface area (Å²) < 4.78 is 0. The van der Waals surface area contributed by atoms with Gasteiger partial charge in [-0.3, -0.25) is 4.79 Å². The number of carbonyl (C=O) groups is 1. The lowest BCUT2D eigenvalue weighted by molar-refractivity contribution is -0.139. The predicted molar refractivity (Wildman–Crippen MR) is 47.5 cm³/mol. The van der Waals surface area contributed by atoms with Crippen molar-refractivity contribution in [1.29, 1.82) is 0 Å². The second-order valence-electron chi connectivity index (χ2n) is 3.12. The lowest BCUT2D eigenvalue weighted by Crippen LogP contribution is -2.06. The summed E-state index contributed by atoms with van der Waals surface area (Å²) in [6.45, 7) is 3.65. The van der Waals surface area contributed by atoms with Crippen LogP contribution in [0.5, 0.6) is 0 Å². The number of H-pyrrole nitrogens is 1. The molecule has 4 heteroatoms. The van der Waals surface area contributed by atoms with Crippen molar-refractivity contribution in [2.45, 2.75) is 26.4 Å². The summed E-state index contributed by atoms with van der Waals surface area (Å²) in [5.74, 6) is -0.993. The minimum atomic E-state index is -0.993. The fourth-order valence-corrected chi connectivity index (χ4v) is 1.45. The van der Waals surface area contributed by atoms with Crippen LogP contribution in [-0.4, -0.2) is 21.2 Å². The molecule has 0 aliphatic carbocycles. The first kappa shape index (κ1) is 9.80. The van der Waals surface area contributed by atoms with E-state index in [0.717, 1.165) is 11.3 Å². The molecule has 0 spiro atoms. The van der Waals surface area contributed by atoms with Gasteiger partial charge in [0.25, 0.3) is 0 Å². The summed E-state index contributed by atoms with van der Waals surface area (Å²) in [7, 11) is 0. The molecule has 0 amide bonds. The Morgan fingerprint density at radius 3 is 2.62 bits per heavy atom. The molecule has 0 saturated carbocycles. The molecule has 13 heavy (non-hydrogen) atoms. The summed E-state index contributed by atoms with van der Waals surface area (Å²) in [6.07, 6.45) is 0.596. The maximum Gasteiger partial charge on any atom is 0.306 e. The molecule has 1 rings (SSSR count). The monoisotopic (exact) mass is 183 g/mol. The van der Waals surface area contributed by atoms with Crippen LogP contribution < -0.4 is 0 Å². The number of hydrogen-bond acceptors (Lipinski definition) is 2. The van der Waals surface area contributed by atoms with Crippen LogP contribution in [0.1, 0.15) is 29.3 Å². The van der Waals surface area contributed by atoms with Crippen molar-refractivity contribution in [3.8, 4) is 0 Å². The van der Waals surface area contributed by atoms with Gasteiger partial charge in [-0.2, -0.15) is 0 Å². The van der Waals surface area contributed by atoms with Gasteiger partial charge in [0, 0.05) is 17.5 Å². The minimum absolute atomic E-state index is 0.250. The summed E-state index contributed by atoms with van der Waals surface area (Å²) in [4.78, 5) is 13.3. The average Bonchev–Trinajstić information content (AvgIpc) is 2.29. The third-order valence-corrected chi connectivity index (χ3v) is 2.04. The molecular weight excluding hydrogens is 170 g/mol. The van der Waals surface area contributed by atoms with Gasteiger partial charge in [-0.15, -0.1) is 0 Å². The number of aryl methyl sites for hydroxylation is 2. The summed E-state index contributed by atoms with van der Waals surface area (Å²) in [5.41, 5.74) is 2.42. The Balaban J connectivity index is 2.87. The van der Waals surface area contributed by atoms with Gasteiger partial charge in [-0.05, 0) is 19.4 Å². The first-order valence-electron chi connectivity index (χ1n) is 4.06. The van der Waals surface area contributed by atoms with E-state index in [4.69, 9.17) is 5.11 Å². The van der Waals surface area contributed by atoms with E-state index >= 15 is 0 Å². The minimum Gasteiger partial charge on any atom is -0.481 e. The topological polar surface area (TPSA) is 73.3 Å². The number of aliphatic hydroxyl groups is 1. The van der Waals surface area contributed by atoms with E-state index < -0.39 is 12.1 Å². The van der Waals surface area contributed by atoms with Crippen molar-refractivity contribution >= 4 is 5.97 Å². The quantitative estimate of drug-likeness (QED) is 0.657. The molecule has 4 nitrogen and oxygen atoms in total. The molecule has 0 saturated heterocycles. The number of nitrogens with one attached hydrogen (secondary N) is 1. The third-order valence-electron chi connectivity index (χ3n) is 2.04. The molecule has 0 aromatic carbocycles. The molecule has 0 aliphatic rings. The van der Waals surface area contributed by atoms with Crippen LogP contribution in [0.2, 0.25) is 0 Å². The maximum absolute atomic E-state index is 10.4. The van der Waals surface area contributed by atoms with Gasteiger partial charge in [0.1, 0.15) is 0 Å². The molecule has 1 atom stereocenters. The van der Waals surface area contributed by atoms with Crippen LogP contribution in [0.4, 0.5) is 0 Å². The Hall–Kier alpha value is -1.29. The van der Waals surface area contributed by atoms with Crippen LogP contribution in [0.3, 0.4) is 0 Å². The molecule has 1 aromatic heterocycles. The summed E-state index contributed by atoms with van der Waals surface area (Å²) >= 11 is 0. The number of rotatable bonds is 3. The number of carboxylic acid groups (broad SMARTS) is 1. The van der Waals surface area contributed by atoms with Crippen molar-refractivity contribution in [1.82, 2.24) is 4.98 Å². The van der Waals surface area contributed by atoms with Crippen LogP contribution in [0, 0.1) is 13.8 Å². The van der Waals surface area contributed by atoms with Crippen molar-refractivity contribution in [3.05, 3.63) is 23.0 Å². The highest BCUT2D eigenvalue weighted by Gasteiger charge is 2.17. The SMILES string of the molecule is Cc1c[nH]c(C)c1[C@H](O)CC(=O)O. The number of carboxylic acids is 1. The Bertz CT molecular complexity index is 297. The zero-order chi connectivity index (χ0) is 10.0. The Morgan fingerprint density at radius 1 is 1.62 bits per heavy atom. The Morgan fingerprint density at radius 2 is 2.23 bits per heavy atom. The van der Waals surface area contributed by atoms with Gasteiger partial charge in [0.15, 0.2) is 0 Å². The Labute approximate surface area is 76.2 Å². The summed E-state index contributed by atoms with van der Waals surface area (Å²) in [5, 5.41) is 18.0. The molecule has 0 aliphatic heterocycles. The second-order valence-corrected chi connectivity index (χ2v) is 3.12. The highest BCUT2D eigenvalue weighted by atomic mass is 16.4. The van der Waals surface area contributed by atoms with Gasteiger partial charge >= 0.3 is 5.97 Å². The first-order chi connectivity index (χ1) is 6.02. The van der Waals surface area contributed by atoms with E-state index in [2.05, 4.69) is 4.98 Å². The highest BCUT2D eigenvalue weighted by molar-refractivity contribution is 5.67. The van der Waals surface area contributed by atoms with Crippen molar-refractivity contribution in [3.63, 3.8) is 0 Å². The first-order valence-corrected chi connectivity index (χ1v) is 4.06. The number of aromatic nitrogens is 1. The standard InChI is InChI=1S/C9H13NO3/c1-5-4-10-6(2)9(5)7(11)3-8(12)13/h4,7,10-11H,3H2,1-2H3,(H,12,13)/t7-/m1/s1. The molecule has 0 bridgehead atoms. The zero-order valence-electron chi connectivity index (χ0n) is 7.66. The normalized spacial score (nSPS) is 12.8. The van der Waals surface area contributed by atoms with Crippen LogP contribution in [0.25, 0.3) is 0 Å². The Kier molecular flexibility index (Phi) is 2.72. The molecule has 0 fully saturated rings. The van der Waals surface area contributed by atoms with Gasteiger partial charge in [-0.1, -0.05) is 0 Å². The second kappa shape index (κ2) is 3.62. The smallest absolute Gasteiger partial charge is 0.306 e. The number of aliphatic hydroxyl groups excluding tert-OH is 1. The van der Waals surface area contributed by atoms with Crippen LogP contribution in [0.15, 0.2) is 6.20 Å². The average molecular weight is 183 g/mol. The molecule has 0 unspecified atom stereocenters. The maximum atomic E-state index is 10.4. The molecule has 0 radical (unpaired) electrons. The van der Waals surface area contributed by atoms with Gasteiger partial charge in [0.2, 0.25) is 0 Å². The van der Waals surface area contributed by atoms with E-state index in [-0.39, 0.29) is 6.42 Å².